The number of nitrogens with zero attached hydrogens (tertiary/aromatic N) is 3. The van der Waals surface area contributed by atoms with E-state index in [0.29, 0.717) is 13.1 Å². The molecule has 0 aliphatic carbocycles. The van der Waals surface area contributed by atoms with E-state index in [2.05, 4.69) is 47.5 Å². The van der Waals surface area contributed by atoms with Crippen LogP contribution in [0.1, 0.15) is 10.5 Å². The minimum Gasteiger partial charge on any atom is -0.476 e. The third kappa shape index (κ3) is 3.77. The number of nitrogens with one attached hydrogen (secondary N) is 1. The first-order chi connectivity index (χ1) is 9.06. The van der Waals surface area contributed by atoms with Crippen molar-refractivity contribution in [3.8, 4) is 0 Å². The van der Waals surface area contributed by atoms with Crippen LogP contribution >= 0.6 is 31.9 Å². The first-order valence-corrected chi connectivity index (χ1v) is 6.97. The molecule has 2 aromatic rings. The number of hydrogen-bond donors (Lipinski definition) is 2. The van der Waals surface area contributed by atoms with Crippen LogP contribution in [0.3, 0.4) is 0 Å². The van der Waals surface area contributed by atoms with E-state index >= 15 is 0 Å². The van der Waals surface area contributed by atoms with E-state index in [4.69, 9.17) is 5.11 Å². The fraction of sp³-hybridized carbons (Fsp3) is 0.182. The fourth-order valence-electron chi connectivity index (χ4n) is 1.44. The zero-order valence-electron chi connectivity index (χ0n) is 9.68. The summed E-state index contributed by atoms with van der Waals surface area (Å²) in [4.78, 5) is 10.6. The number of benzene rings is 1. The van der Waals surface area contributed by atoms with Crippen LogP contribution in [0.2, 0.25) is 0 Å². The highest BCUT2D eigenvalue weighted by atomic mass is 79.9. The lowest BCUT2D eigenvalue weighted by Crippen LogP contribution is -2.11. The van der Waals surface area contributed by atoms with E-state index in [1.54, 1.807) is 0 Å². The van der Waals surface area contributed by atoms with Crippen LogP contribution in [0.5, 0.6) is 0 Å². The molecule has 19 heavy (non-hydrogen) atoms. The van der Waals surface area contributed by atoms with Crippen LogP contribution < -0.4 is 5.32 Å². The molecule has 0 bridgehead atoms. The lowest BCUT2D eigenvalue weighted by molar-refractivity contribution is 0.0690. The second-order valence-electron chi connectivity index (χ2n) is 3.72. The second kappa shape index (κ2) is 6.16. The molecule has 100 valence electrons. The van der Waals surface area contributed by atoms with Crippen molar-refractivity contribution < 1.29 is 9.90 Å². The van der Waals surface area contributed by atoms with E-state index in [9.17, 15) is 4.79 Å². The lowest BCUT2D eigenvalue weighted by atomic mass is 10.3. The molecule has 0 aliphatic rings. The molecule has 1 aromatic heterocycles. The molecule has 0 unspecified atom stereocenters. The molecule has 2 rings (SSSR count). The molecule has 0 amide bonds. The first-order valence-electron chi connectivity index (χ1n) is 5.38. The summed E-state index contributed by atoms with van der Waals surface area (Å²) in [6, 6.07) is 5.82. The monoisotopic (exact) mass is 388 g/mol. The van der Waals surface area contributed by atoms with Crippen molar-refractivity contribution in [3.05, 3.63) is 39.0 Å². The van der Waals surface area contributed by atoms with Gasteiger partial charge in [0.25, 0.3) is 0 Å². The fourth-order valence-corrected chi connectivity index (χ4v) is 2.19. The lowest BCUT2D eigenvalue weighted by Gasteiger charge is -2.08. The predicted molar refractivity (Wildman–Crippen MR) is 77.3 cm³/mol. The Morgan fingerprint density at radius 3 is 2.89 bits per heavy atom. The number of carboxylic acids is 1. The molecular formula is C11H10Br2N4O2. The van der Waals surface area contributed by atoms with Gasteiger partial charge in [-0.1, -0.05) is 21.1 Å². The molecule has 8 heteroatoms. The number of rotatable bonds is 5. The molecule has 0 spiro atoms. The second-order valence-corrected chi connectivity index (χ2v) is 5.49. The Morgan fingerprint density at radius 2 is 2.21 bits per heavy atom. The van der Waals surface area contributed by atoms with Crippen molar-refractivity contribution >= 4 is 43.5 Å². The molecule has 0 radical (unpaired) electrons. The molecule has 0 atom stereocenters. The van der Waals surface area contributed by atoms with Gasteiger partial charge in [-0.3, -0.25) is 0 Å². The highest BCUT2D eigenvalue weighted by molar-refractivity contribution is 9.11. The van der Waals surface area contributed by atoms with Crippen molar-refractivity contribution in [2.45, 2.75) is 6.54 Å². The summed E-state index contributed by atoms with van der Waals surface area (Å²) in [5, 5.41) is 19.2. The van der Waals surface area contributed by atoms with Crippen molar-refractivity contribution in [1.82, 2.24) is 15.0 Å². The van der Waals surface area contributed by atoms with Gasteiger partial charge >= 0.3 is 5.97 Å². The van der Waals surface area contributed by atoms with Gasteiger partial charge in [-0.15, -0.1) is 5.10 Å². The van der Waals surface area contributed by atoms with Gasteiger partial charge < -0.3 is 10.4 Å². The summed E-state index contributed by atoms with van der Waals surface area (Å²) in [6.07, 6.45) is 1.40. The summed E-state index contributed by atoms with van der Waals surface area (Å²) in [5.41, 5.74) is 0.900. The highest BCUT2D eigenvalue weighted by Crippen LogP contribution is 2.25. The number of aromatic carboxylic acids is 1. The molecule has 0 aliphatic heterocycles. The van der Waals surface area contributed by atoms with Gasteiger partial charge in [0.2, 0.25) is 0 Å². The smallest absolute Gasteiger partial charge is 0.358 e. The number of carboxylic acid groups (broad SMARTS) is 1. The maximum Gasteiger partial charge on any atom is 0.358 e. The van der Waals surface area contributed by atoms with Crippen LogP contribution in [0, 0.1) is 0 Å². The van der Waals surface area contributed by atoms with Crippen molar-refractivity contribution in [2.75, 3.05) is 11.9 Å². The Balaban J connectivity index is 1.92. The van der Waals surface area contributed by atoms with Crippen LogP contribution in [-0.4, -0.2) is 32.6 Å². The molecule has 0 fully saturated rings. The number of halogens is 2. The minimum absolute atomic E-state index is 0.0522. The Hall–Kier alpha value is -1.41. The Morgan fingerprint density at radius 1 is 1.42 bits per heavy atom. The molecule has 6 nitrogen and oxygen atoms in total. The zero-order chi connectivity index (χ0) is 13.8. The van der Waals surface area contributed by atoms with Gasteiger partial charge in [-0.25, -0.2) is 9.48 Å². The van der Waals surface area contributed by atoms with Gasteiger partial charge in [-0.05, 0) is 34.1 Å². The standard InChI is InChI=1S/C11H10Br2N4O2/c12-7-1-2-8(13)9(5-7)14-3-4-17-6-10(11(18)19)15-16-17/h1-2,5-6,14H,3-4H2,(H,18,19). The third-order valence-corrected chi connectivity index (χ3v) is 3.53. The molecule has 0 saturated heterocycles. The van der Waals surface area contributed by atoms with Gasteiger partial charge in [-0.2, -0.15) is 0 Å². The maximum atomic E-state index is 10.6. The topological polar surface area (TPSA) is 80.0 Å². The van der Waals surface area contributed by atoms with Crippen molar-refractivity contribution in [1.29, 1.82) is 0 Å². The Labute approximate surface area is 126 Å². The highest BCUT2D eigenvalue weighted by Gasteiger charge is 2.07. The van der Waals surface area contributed by atoms with Crippen LogP contribution in [0.15, 0.2) is 33.3 Å². The summed E-state index contributed by atoms with van der Waals surface area (Å²) in [7, 11) is 0. The van der Waals surface area contributed by atoms with Crippen LogP contribution in [0.25, 0.3) is 0 Å². The third-order valence-electron chi connectivity index (χ3n) is 2.34. The normalized spacial score (nSPS) is 10.4. The number of hydrogen-bond acceptors (Lipinski definition) is 4. The Bertz CT molecular complexity index is 600. The average Bonchev–Trinajstić information content (AvgIpc) is 2.82. The van der Waals surface area contributed by atoms with Crippen LogP contribution in [0.4, 0.5) is 5.69 Å². The van der Waals surface area contributed by atoms with Gasteiger partial charge in [0.15, 0.2) is 5.69 Å². The molecule has 1 heterocycles. The van der Waals surface area contributed by atoms with E-state index in [-0.39, 0.29) is 5.69 Å². The van der Waals surface area contributed by atoms with Gasteiger partial charge in [0, 0.05) is 21.2 Å². The van der Waals surface area contributed by atoms with E-state index in [1.807, 2.05) is 18.2 Å². The summed E-state index contributed by atoms with van der Waals surface area (Å²) >= 11 is 6.84. The first kappa shape index (κ1) is 14.0. The Kier molecular flexibility index (Phi) is 4.54. The number of carbonyl (C=O) groups is 1. The van der Waals surface area contributed by atoms with Gasteiger partial charge in [0.05, 0.1) is 12.7 Å². The molecule has 0 saturated carbocycles. The predicted octanol–water partition coefficient (Wildman–Crippen LogP) is 2.61. The maximum absolute atomic E-state index is 10.6. The molecular weight excluding hydrogens is 380 g/mol. The zero-order valence-corrected chi connectivity index (χ0v) is 12.8. The summed E-state index contributed by atoms with van der Waals surface area (Å²) in [6.45, 7) is 1.14. The largest absolute Gasteiger partial charge is 0.476 e. The van der Waals surface area contributed by atoms with Crippen molar-refractivity contribution in [2.24, 2.45) is 0 Å². The van der Waals surface area contributed by atoms with Crippen molar-refractivity contribution in [3.63, 3.8) is 0 Å². The number of anilines is 1. The number of aromatic nitrogens is 3. The minimum atomic E-state index is -1.08. The summed E-state index contributed by atoms with van der Waals surface area (Å²) < 4.78 is 3.43. The molecule has 2 N–H and O–H groups in total. The summed E-state index contributed by atoms with van der Waals surface area (Å²) in [5.74, 6) is -1.08. The van der Waals surface area contributed by atoms with E-state index in [1.165, 1.54) is 10.9 Å². The quantitative estimate of drug-likeness (QED) is 0.821. The van der Waals surface area contributed by atoms with E-state index in [0.717, 1.165) is 14.6 Å². The average molecular weight is 390 g/mol. The molecule has 1 aromatic carbocycles. The van der Waals surface area contributed by atoms with Gasteiger partial charge in [0.1, 0.15) is 0 Å². The van der Waals surface area contributed by atoms with E-state index < -0.39 is 5.97 Å². The SMILES string of the molecule is O=C(O)c1cn(CCNc2cc(Br)ccc2Br)nn1. The van der Waals surface area contributed by atoms with Crippen LogP contribution in [-0.2, 0) is 6.54 Å².